The molecule has 2 unspecified atom stereocenters. The third-order valence-electron chi connectivity index (χ3n) is 2.60. The molecule has 2 aliphatic rings. The molecule has 2 heterocycles. The van der Waals surface area contributed by atoms with Crippen molar-refractivity contribution in [2.45, 2.75) is 25.4 Å². The van der Waals surface area contributed by atoms with Crippen molar-refractivity contribution in [2.75, 3.05) is 19.7 Å². The summed E-state index contributed by atoms with van der Waals surface area (Å²) in [5, 5.41) is 3.40. The van der Waals surface area contributed by atoms with Crippen molar-refractivity contribution >= 4 is 0 Å². The van der Waals surface area contributed by atoms with Gasteiger partial charge in [-0.1, -0.05) is 0 Å². The van der Waals surface area contributed by atoms with Crippen molar-refractivity contribution < 1.29 is 4.74 Å². The SMILES string of the molecule is C1CNCC(C2CCO2)C1. The molecule has 10 heavy (non-hydrogen) atoms. The van der Waals surface area contributed by atoms with Gasteiger partial charge in [-0.05, 0) is 31.7 Å². The van der Waals surface area contributed by atoms with Gasteiger partial charge in [-0.15, -0.1) is 0 Å². The molecular formula is C8H15NO. The average molecular weight is 141 g/mol. The van der Waals surface area contributed by atoms with Crippen LogP contribution >= 0.6 is 0 Å². The molecule has 1 N–H and O–H groups in total. The number of piperidine rings is 1. The second-order valence-corrected chi connectivity index (χ2v) is 3.30. The van der Waals surface area contributed by atoms with Crippen molar-refractivity contribution in [1.29, 1.82) is 0 Å². The summed E-state index contributed by atoms with van der Waals surface area (Å²) < 4.78 is 5.43. The monoisotopic (exact) mass is 141 g/mol. The predicted molar refractivity (Wildman–Crippen MR) is 40.0 cm³/mol. The van der Waals surface area contributed by atoms with E-state index in [9.17, 15) is 0 Å². The molecule has 0 aromatic rings. The van der Waals surface area contributed by atoms with Crippen molar-refractivity contribution in [1.82, 2.24) is 5.32 Å². The molecule has 2 heteroatoms. The van der Waals surface area contributed by atoms with Crippen LogP contribution in [0, 0.1) is 5.92 Å². The van der Waals surface area contributed by atoms with Gasteiger partial charge in [-0.3, -0.25) is 0 Å². The molecular weight excluding hydrogens is 126 g/mol. The first kappa shape index (κ1) is 6.62. The van der Waals surface area contributed by atoms with Crippen LogP contribution in [-0.2, 0) is 4.74 Å². The Kier molecular flexibility index (Phi) is 1.91. The second kappa shape index (κ2) is 2.89. The number of ether oxygens (including phenoxy) is 1. The Bertz CT molecular complexity index is 106. The van der Waals surface area contributed by atoms with Gasteiger partial charge in [0.25, 0.3) is 0 Å². The van der Waals surface area contributed by atoms with Crippen LogP contribution in [0.25, 0.3) is 0 Å². The zero-order chi connectivity index (χ0) is 6.81. The third kappa shape index (κ3) is 1.18. The van der Waals surface area contributed by atoms with Crippen LogP contribution in [-0.4, -0.2) is 25.8 Å². The summed E-state index contributed by atoms with van der Waals surface area (Å²) in [6.45, 7) is 3.40. The number of hydrogen-bond donors (Lipinski definition) is 1. The molecule has 58 valence electrons. The molecule has 0 amide bonds. The molecule has 2 rings (SSSR count). The molecule has 0 aliphatic carbocycles. The van der Waals surface area contributed by atoms with Crippen LogP contribution in [0.3, 0.4) is 0 Å². The van der Waals surface area contributed by atoms with Gasteiger partial charge in [0.05, 0.1) is 6.10 Å². The maximum absolute atomic E-state index is 5.43. The quantitative estimate of drug-likeness (QED) is 0.582. The van der Waals surface area contributed by atoms with Gasteiger partial charge >= 0.3 is 0 Å². The van der Waals surface area contributed by atoms with E-state index in [1.54, 1.807) is 0 Å². The van der Waals surface area contributed by atoms with Crippen molar-refractivity contribution in [3.05, 3.63) is 0 Å². The minimum Gasteiger partial charge on any atom is -0.378 e. The van der Waals surface area contributed by atoms with Crippen molar-refractivity contribution in [2.24, 2.45) is 5.92 Å². The zero-order valence-corrected chi connectivity index (χ0v) is 6.31. The molecule has 2 saturated heterocycles. The minimum atomic E-state index is 0.604. The Labute approximate surface area is 61.9 Å². The zero-order valence-electron chi connectivity index (χ0n) is 6.31. The maximum atomic E-state index is 5.43. The Hall–Kier alpha value is -0.0800. The molecule has 0 saturated carbocycles. The molecule has 2 nitrogen and oxygen atoms in total. The van der Waals surface area contributed by atoms with Crippen LogP contribution in [0.4, 0.5) is 0 Å². The van der Waals surface area contributed by atoms with Crippen LogP contribution in [0.2, 0.25) is 0 Å². The summed E-state index contributed by atoms with van der Waals surface area (Å²) >= 11 is 0. The van der Waals surface area contributed by atoms with Crippen molar-refractivity contribution in [3.8, 4) is 0 Å². The number of nitrogens with one attached hydrogen (secondary N) is 1. The second-order valence-electron chi connectivity index (χ2n) is 3.30. The Morgan fingerprint density at radius 1 is 1.30 bits per heavy atom. The topological polar surface area (TPSA) is 21.3 Å². The molecule has 0 aromatic heterocycles. The summed E-state index contributed by atoms with van der Waals surface area (Å²) in [7, 11) is 0. The van der Waals surface area contributed by atoms with E-state index in [0.29, 0.717) is 6.10 Å². The lowest BCUT2D eigenvalue weighted by Crippen LogP contribution is -2.42. The first-order chi connectivity index (χ1) is 4.97. The molecule has 0 spiro atoms. The molecule has 0 aromatic carbocycles. The minimum absolute atomic E-state index is 0.604. The Morgan fingerprint density at radius 3 is 2.70 bits per heavy atom. The summed E-state index contributed by atoms with van der Waals surface area (Å²) in [5.74, 6) is 0.822. The highest BCUT2D eigenvalue weighted by molar-refractivity contribution is 4.80. The van der Waals surface area contributed by atoms with Gasteiger partial charge in [0.1, 0.15) is 0 Å². The van der Waals surface area contributed by atoms with Crippen LogP contribution < -0.4 is 5.32 Å². The average Bonchev–Trinajstić information content (AvgIpc) is 1.86. The number of hydrogen-bond acceptors (Lipinski definition) is 2. The molecule has 0 bridgehead atoms. The lowest BCUT2D eigenvalue weighted by molar-refractivity contribution is -0.0887. The Morgan fingerprint density at radius 2 is 2.20 bits per heavy atom. The van der Waals surface area contributed by atoms with Gasteiger partial charge < -0.3 is 10.1 Å². The maximum Gasteiger partial charge on any atom is 0.0637 e. The van der Waals surface area contributed by atoms with Gasteiger partial charge in [-0.25, -0.2) is 0 Å². The molecule has 2 fully saturated rings. The van der Waals surface area contributed by atoms with Crippen LogP contribution in [0.5, 0.6) is 0 Å². The van der Waals surface area contributed by atoms with E-state index >= 15 is 0 Å². The highest BCUT2D eigenvalue weighted by Crippen LogP contribution is 2.25. The van der Waals surface area contributed by atoms with E-state index < -0.39 is 0 Å². The predicted octanol–water partition coefficient (Wildman–Crippen LogP) is 0.775. The lowest BCUT2D eigenvalue weighted by Gasteiger charge is -2.36. The molecule has 2 aliphatic heterocycles. The first-order valence-electron chi connectivity index (χ1n) is 4.29. The van der Waals surface area contributed by atoms with E-state index in [1.807, 2.05) is 0 Å². The van der Waals surface area contributed by atoms with E-state index in [0.717, 1.165) is 12.5 Å². The Balaban J connectivity index is 1.78. The van der Waals surface area contributed by atoms with Crippen molar-refractivity contribution in [3.63, 3.8) is 0 Å². The van der Waals surface area contributed by atoms with Crippen LogP contribution in [0.15, 0.2) is 0 Å². The van der Waals surface area contributed by atoms with Gasteiger partial charge in [-0.2, -0.15) is 0 Å². The highest BCUT2D eigenvalue weighted by Gasteiger charge is 2.28. The fourth-order valence-corrected chi connectivity index (χ4v) is 1.82. The summed E-state index contributed by atoms with van der Waals surface area (Å²) in [4.78, 5) is 0. The highest BCUT2D eigenvalue weighted by atomic mass is 16.5. The first-order valence-corrected chi connectivity index (χ1v) is 4.29. The smallest absolute Gasteiger partial charge is 0.0637 e. The van der Waals surface area contributed by atoms with E-state index in [2.05, 4.69) is 5.32 Å². The lowest BCUT2D eigenvalue weighted by atomic mass is 9.90. The van der Waals surface area contributed by atoms with Gasteiger partial charge in [0, 0.05) is 13.2 Å². The summed E-state index contributed by atoms with van der Waals surface area (Å²) in [6.07, 6.45) is 4.61. The molecule has 2 atom stereocenters. The number of rotatable bonds is 1. The van der Waals surface area contributed by atoms with Gasteiger partial charge in [0.2, 0.25) is 0 Å². The van der Waals surface area contributed by atoms with Crippen LogP contribution in [0.1, 0.15) is 19.3 Å². The molecule has 0 radical (unpaired) electrons. The van der Waals surface area contributed by atoms with E-state index in [-0.39, 0.29) is 0 Å². The third-order valence-corrected chi connectivity index (χ3v) is 2.60. The van der Waals surface area contributed by atoms with Gasteiger partial charge in [0.15, 0.2) is 0 Å². The summed E-state index contributed by atoms with van der Waals surface area (Å²) in [5.41, 5.74) is 0. The standard InChI is InChI=1S/C8H15NO/c1-2-7(6-9-4-1)8-3-5-10-8/h7-9H,1-6H2. The largest absolute Gasteiger partial charge is 0.378 e. The normalized spacial score (nSPS) is 40.8. The summed E-state index contributed by atoms with van der Waals surface area (Å²) in [6, 6.07) is 0. The fraction of sp³-hybridized carbons (Fsp3) is 1.00. The van der Waals surface area contributed by atoms with E-state index in [4.69, 9.17) is 4.74 Å². The van der Waals surface area contributed by atoms with E-state index in [1.165, 1.54) is 32.4 Å². The fourth-order valence-electron chi connectivity index (χ4n) is 1.82.